The van der Waals surface area contributed by atoms with E-state index in [4.69, 9.17) is 5.11 Å². The van der Waals surface area contributed by atoms with E-state index in [0.29, 0.717) is 6.42 Å². The molecule has 0 aliphatic carbocycles. The summed E-state index contributed by atoms with van der Waals surface area (Å²) in [6.45, 7) is 6.23. The number of benzene rings is 1. The van der Waals surface area contributed by atoms with Crippen LogP contribution in [0.1, 0.15) is 43.9 Å². The fourth-order valence-electron chi connectivity index (χ4n) is 2.01. The lowest BCUT2D eigenvalue weighted by molar-refractivity contribution is -0.137. The first-order chi connectivity index (χ1) is 8.00. The van der Waals surface area contributed by atoms with Gasteiger partial charge >= 0.3 is 5.97 Å². The monoisotopic (exact) mass is 235 g/mol. The zero-order valence-corrected chi connectivity index (χ0v) is 10.7. The Hall–Kier alpha value is -1.35. The molecule has 0 fully saturated rings. The maximum atomic E-state index is 10.5. The molecule has 2 N–H and O–H groups in total. The molecule has 0 bridgehead atoms. The van der Waals surface area contributed by atoms with Crippen LogP contribution in [0.3, 0.4) is 0 Å². The molecular weight excluding hydrogens is 214 g/mol. The Morgan fingerprint density at radius 2 is 2.00 bits per heavy atom. The molecule has 0 radical (unpaired) electrons. The summed E-state index contributed by atoms with van der Waals surface area (Å²) >= 11 is 0. The predicted octanol–water partition coefficient (Wildman–Crippen LogP) is 2.90. The quantitative estimate of drug-likeness (QED) is 0.797. The van der Waals surface area contributed by atoms with Crippen LogP contribution in [0.4, 0.5) is 0 Å². The SMILES string of the molecule is Cc1ccccc1[C@H](C)NC(C)CCC(=O)O. The molecular formula is C14H21NO2. The molecule has 0 saturated heterocycles. The normalized spacial score (nSPS) is 14.3. The molecule has 1 aromatic rings. The zero-order chi connectivity index (χ0) is 12.8. The molecule has 3 nitrogen and oxygen atoms in total. The lowest BCUT2D eigenvalue weighted by atomic mass is 10.0. The fourth-order valence-corrected chi connectivity index (χ4v) is 2.01. The highest BCUT2D eigenvalue weighted by molar-refractivity contribution is 5.66. The first kappa shape index (κ1) is 13.7. The van der Waals surface area contributed by atoms with E-state index in [1.165, 1.54) is 11.1 Å². The van der Waals surface area contributed by atoms with Crippen LogP contribution < -0.4 is 5.32 Å². The van der Waals surface area contributed by atoms with E-state index in [2.05, 4.69) is 31.3 Å². The third kappa shape index (κ3) is 4.57. The van der Waals surface area contributed by atoms with E-state index in [0.717, 1.165) is 0 Å². The van der Waals surface area contributed by atoms with Crippen molar-refractivity contribution < 1.29 is 9.90 Å². The Morgan fingerprint density at radius 3 is 2.59 bits per heavy atom. The Labute approximate surface area is 103 Å². The number of carboxylic acids is 1. The third-order valence-corrected chi connectivity index (χ3v) is 2.98. The van der Waals surface area contributed by atoms with Crippen LogP contribution in [0, 0.1) is 6.92 Å². The Bertz CT molecular complexity index is 376. The maximum absolute atomic E-state index is 10.5. The van der Waals surface area contributed by atoms with Crippen molar-refractivity contribution in [1.82, 2.24) is 5.32 Å². The summed E-state index contributed by atoms with van der Waals surface area (Å²) in [6.07, 6.45) is 0.875. The summed E-state index contributed by atoms with van der Waals surface area (Å²) in [7, 11) is 0. The van der Waals surface area contributed by atoms with Gasteiger partial charge in [-0.2, -0.15) is 0 Å². The van der Waals surface area contributed by atoms with E-state index in [9.17, 15) is 4.79 Å². The number of aliphatic carboxylic acids is 1. The molecule has 0 saturated carbocycles. The van der Waals surface area contributed by atoms with Gasteiger partial charge in [-0.1, -0.05) is 24.3 Å². The van der Waals surface area contributed by atoms with Gasteiger partial charge in [0, 0.05) is 18.5 Å². The number of hydrogen-bond donors (Lipinski definition) is 2. The van der Waals surface area contributed by atoms with Crippen molar-refractivity contribution in [2.45, 2.75) is 45.7 Å². The van der Waals surface area contributed by atoms with Crippen LogP contribution in [0.15, 0.2) is 24.3 Å². The highest BCUT2D eigenvalue weighted by Crippen LogP contribution is 2.17. The molecule has 3 heteroatoms. The highest BCUT2D eigenvalue weighted by atomic mass is 16.4. The van der Waals surface area contributed by atoms with Gasteiger partial charge in [-0.25, -0.2) is 0 Å². The summed E-state index contributed by atoms with van der Waals surface area (Å²) in [5, 5.41) is 12.1. The zero-order valence-electron chi connectivity index (χ0n) is 10.7. The molecule has 0 aliphatic rings. The van der Waals surface area contributed by atoms with Gasteiger partial charge in [-0.3, -0.25) is 4.79 Å². The molecule has 0 amide bonds. The second-order valence-corrected chi connectivity index (χ2v) is 4.58. The molecule has 0 heterocycles. The maximum Gasteiger partial charge on any atom is 0.303 e. The average Bonchev–Trinajstić information content (AvgIpc) is 2.26. The fraction of sp³-hybridized carbons (Fsp3) is 0.500. The van der Waals surface area contributed by atoms with Crippen molar-refractivity contribution in [2.24, 2.45) is 0 Å². The van der Waals surface area contributed by atoms with Crippen LogP contribution in [-0.4, -0.2) is 17.1 Å². The van der Waals surface area contributed by atoms with E-state index >= 15 is 0 Å². The number of aryl methyl sites for hydroxylation is 1. The molecule has 0 aliphatic heterocycles. The van der Waals surface area contributed by atoms with E-state index < -0.39 is 5.97 Å². The van der Waals surface area contributed by atoms with E-state index in [-0.39, 0.29) is 18.5 Å². The Kier molecular flexibility index (Phi) is 5.16. The molecule has 1 unspecified atom stereocenters. The number of rotatable bonds is 6. The van der Waals surface area contributed by atoms with Crippen molar-refractivity contribution in [1.29, 1.82) is 0 Å². The van der Waals surface area contributed by atoms with Crippen molar-refractivity contribution in [2.75, 3.05) is 0 Å². The first-order valence-corrected chi connectivity index (χ1v) is 6.04. The number of hydrogen-bond acceptors (Lipinski definition) is 2. The molecule has 94 valence electrons. The summed E-state index contributed by atoms with van der Waals surface area (Å²) in [4.78, 5) is 10.5. The molecule has 1 rings (SSSR count). The van der Waals surface area contributed by atoms with Gasteiger partial charge in [-0.15, -0.1) is 0 Å². The molecule has 17 heavy (non-hydrogen) atoms. The molecule has 2 atom stereocenters. The first-order valence-electron chi connectivity index (χ1n) is 6.04. The summed E-state index contributed by atoms with van der Waals surface area (Å²) < 4.78 is 0. The van der Waals surface area contributed by atoms with Gasteiger partial charge in [0.25, 0.3) is 0 Å². The van der Waals surface area contributed by atoms with Gasteiger partial charge in [0.2, 0.25) is 0 Å². The van der Waals surface area contributed by atoms with Crippen LogP contribution in [0.2, 0.25) is 0 Å². The second-order valence-electron chi connectivity index (χ2n) is 4.58. The average molecular weight is 235 g/mol. The van der Waals surface area contributed by atoms with Crippen molar-refractivity contribution in [3.8, 4) is 0 Å². The van der Waals surface area contributed by atoms with Crippen LogP contribution in [-0.2, 0) is 4.79 Å². The largest absolute Gasteiger partial charge is 0.481 e. The third-order valence-electron chi connectivity index (χ3n) is 2.98. The minimum absolute atomic E-state index is 0.209. The van der Waals surface area contributed by atoms with E-state index in [1.807, 2.05) is 19.1 Å². The topological polar surface area (TPSA) is 49.3 Å². The van der Waals surface area contributed by atoms with Crippen molar-refractivity contribution in [3.63, 3.8) is 0 Å². The van der Waals surface area contributed by atoms with Crippen LogP contribution in [0.5, 0.6) is 0 Å². The second kappa shape index (κ2) is 6.40. The van der Waals surface area contributed by atoms with Gasteiger partial charge < -0.3 is 10.4 Å². The Balaban J connectivity index is 2.51. The lowest BCUT2D eigenvalue weighted by Gasteiger charge is -2.21. The number of nitrogens with one attached hydrogen (secondary N) is 1. The summed E-state index contributed by atoms with van der Waals surface area (Å²) in [6, 6.07) is 8.72. The molecule has 0 aromatic heterocycles. The lowest BCUT2D eigenvalue weighted by Crippen LogP contribution is -2.29. The molecule has 1 aromatic carbocycles. The highest BCUT2D eigenvalue weighted by Gasteiger charge is 2.11. The number of carboxylic acid groups (broad SMARTS) is 1. The summed E-state index contributed by atoms with van der Waals surface area (Å²) in [5.41, 5.74) is 2.53. The van der Waals surface area contributed by atoms with Crippen molar-refractivity contribution >= 4 is 5.97 Å². The van der Waals surface area contributed by atoms with Crippen LogP contribution in [0.25, 0.3) is 0 Å². The van der Waals surface area contributed by atoms with Crippen molar-refractivity contribution in [3.05, 3.63) is 35.4 Å². The van der Waals surface area contributed by atoms with Gasteiger partial charge in [0.1, 0.15) is 0 Å². The minimum atomic E-state index is -0.734. The predicted molar refractivity (Wildman–Crippen MR) is 69.1 cm³/mol. The molecule has 0 spiro atoms. The standard InChI is InChI=1S/C14H21NO2/c1-10-6-4-5-7-13(10)12(3)15-11(2)8-9-14(16)17/h4-7,11-12,15H,8-9H2,1-3H3,(H,16,17)/t11?,12-/m0/s1. The van der Waals surface area contributed by atoms with Gasteiger partial charge in [0.05, 0.1) is 0 Å². The van der Waals surface area contributed by atoms with Gasteiger partial charge in [0.15, 0.2) is 0 Å². The number of carbonyl (C=O) groups is 1. The Morgan fingerprint density at radius 1 is 1.35 bits per heavy atom. The smallest absolute Gasteiger partial charge is 0.303 e. The summed E-state index contributed by atoms with van der Waals surface area (Å²) in [5.74, 6) is -0.734. The minimum Gasteiger partial charge on any atom is -0.481 e. The van der Waals surface area contributed by atoms with Gasteiger partial charge in [-0.05, 0) is 38.3 Å². The van der Waals surface area contributed by atoms with Crippen LogP contribution >= 0.6 is 0 Å². The van der Waals surface area contributed by atoms with E-state index in [1.54, 1.807) is 0 Å².